The van der Waals surface area contributed by atoms with E-state index in [2.05, 4.69) is 4.99 Å². The Morgan fingerprint density at radius 2 is 1.81 bits per heavy atom. The molecule has 0 N–H and O–H groups in total. The second-order valence-electron chi connectivity index (χ2n) is 6.85. The molecule has 0 bridgehead atoms. The summed E-state index contributed by atoms with van der Waals surface area (Å²) < 4.78 is 30.6. The topological polar surface area (TPSA) is 57.1 Å². The number of halogens is 2. The molecule has 0 aromatic heterocycles. The average Bonchev–Trinajstić information content (AvgIpc) is 3.15. The van der Waals surface area contributed by atoms with E-state index < -0.39 is 5.97 Å². The number of esters is 1. The third-order valence-electron chi connectivity index (χ3n) is 4.61. The van der Waals surface area contributed by atoms with Gasteiger partial charge in [-0.15, -0.1) is 0 Å². The maximum atomic E-state index is 13.9. The van der Waals surface area contributed by atoms with Gasteiger partial charge >= 0.3 is 5.97 Å². The maximum Gasteiger partial charge on any atom is 0.363 e. The van der Waals surface area contributed by atoms with Crippen molar-refractivity contribution in [3.8, 4) is 11.5 Å². The van der Waals surface area contributed by atoms with Gasteiger partial charge in [0.1, 0.15) is 12.4 Å². The number of hydrogen-bond acceptors (Lipinski definition) is 5. The van der Waals surface area contributed by atoms with E-state index in [0.29, 0.717) is 34.8 Å². The molecule has 1 heterocycles. The average molecular weight is 452 g/mol. The zero-order chi connectivity index (χ0) is 22.5. The third-order valence-corrected chi connectivity index (χ3v) is 4.89. The summed E-state index contributed by atoms with van der Waals surface area (Å²) >= 11 is 6.44. The molecule has 0 saturated heterocycles. The third kappa shape index (κ3) is 4.81. The van der Waals surface area contributed by atoms with E-state index in [1.807, 2.05) is 25.1 Å². The number of cyclic esters (lactones) is 1. The van der Waals surface area contributed by atoms with Gasteiger partial charge in [0.25, 0.3) is 0 Å². The van der Waals surface area contributed by atoms with Crippen LogP contribution in [-0.4, -0.2) is 18.5 Å². The molecule has 0 atom stereocenters. The van der Waals surface area contributed by atoms with E-state index in [4.69, 9.17) is 25.8 Å². The van der Waals surface area contributed by atoms with Crippen LogP contribution in [0, 0.1) is 5.82 Å². The monoisotopic (exact) mass is 451 g/mol. The lowest BCUT2D eigenvalue weighted by Gasteiger charge is -2.15. The lowest BCUT2D eigenvalue weighted by atomic mass is 10.1. The van der Waals surface area contributed by atoms with Gasteiger partial charge in [-0.3, -0.25) is 0 Å². The molecule has 4 rings (SSSR count). The van der Waals surface area contributed by atoms with Gasteiger partial charge in [0.15, 0.2) is 17.2 Å². The summed E-state index contributed by atoms with van der Waals surface area (Å²) in [6.07, 6.45) is 1.56. The van der Waals surface area contributed by atoms with Gasteiger partial charge in [0, 0.05) is 11.1 Å². The largest absolute Gasteiger partial charge is 0.490 e. The number of aliphatic imine (C=N–C) groups is 1. The van der Waals surface area contributed by atoms with Gasteiger partial charge < -0.3 is 14.2 Å². The second kappa shape index (κ2) is 9.66. The van der Waals surface area contributed by atoms with Gasteiger partial charge in [0.2, 0.25) is 5.90 Å². The molecule has 0 saturated carbocycles. The van der Waals surface area contributed by atoms with Crippen LogP contribution in [0.25, 0.3) is 6.08 Å². The molecule has 162 valence electrons. The van der Waals surface area contributed by atoms with Crippen LogP contribution in [0.2, 0.25) is 5.02 Å². The Morgan fingerprint density at radius 1 is 1.06 bits per heavy atom. The Kier molecular flexibility index (Phi) is 6.52. The van der Waals surface area contributed by atoms with Gasteiger partial charge in [-0.1, -0.05) is 48.0 Å². The van der Waals surface area contributed by atoms with Crippen LogP contribution in [0.5, 0.6) is 11.5 Å². The molecule has 3 aromatic rings. The molecule has 0 fully saturated rings. The number of rotatable bonds is 7. The normalized spacial score (nSPS) is 14.3. The highest BCUT2D eigenvalue weighted by Gasteiger charge is 2.24. The fourth-order valence-electron chi connectivity index (χ4n) is 3.11. The van der Waals surface area contributed by atoms with Crippen molar-refractivity contribution in [2.45, 2.75) is 13.5 Å². The number of benzene rings is 3. The summed E-state index contributed by atoms with van der Waals surface area (Å²) in [7, 11) is 0. The van der Waals surface area contributed by atoms with E-state index in [9.17, 15) is 9.18 Å². The van der Waals surface area contributed by atoms with Crippen LogP contribution in [0.3, 0.4) is 0 Å². The predicted octanol–water partition coefficient (Wildman–Crippen LogP) is 5.80. The summed E-state index contributed by atoms with van der Waals surface area (Å²) in [6.45, 7) is 2.18. The van der Waals surface area contributed by atoms with Gasteiger partial charge in [-0.2, -0.15) is 0 Å². The molecule has 1 aliphatic heterocycles. The van der Waals surface area contributed by atoms with E-state index in [0.717, 1.165) is 0 Å². The van der Waals surface area contributed by atoms with Crippen LogP contribution >= 0.6 is 11.6 Å². The van der Waals surface area contributed by atoms with Crippen LogP contribution in [0.1, 0.15) is 23.6 Å². The first-order chi connectivity index (χ1) is 15.5. The van der Waals surface area contributed by atoms with Crippen LogP contribution < -0.4 is 9.47 Å². The predicted molar refractivity (Wildman–Crippen MR) is 120 cm³/mol. The van der Waals surface area contributed by atoms with Gasteiger partial charge in [-0.25, -0.2) is 14.2 Å². The minimum atomic E-state index is -0.558. The molecule has 5 nitrogen and oxygen atoms in total. The number of nitrogens with zero attached hydrogens (tertiary/aromatic N) is 1. The highest BCUT2D eigenvalue weighted by Crippen LogP contribution is 2.38. The Balaban J connectivity index is 1.62. The Bertz CT molecular complexity index is 1210. The zero-order valence-corrected chi connectivity index (χ0v) is 17.9. The zero-order valence-electron chi connectivity index (χ0n) is 17.2. The molecule has 1 aliphatic rings. The summed E-state index contributed by atoms with van der Waals surface area (Å²) in [5.74, 6) is -0.0152. The second-order valence-corrected chi connectivity index (χ2v) is 7.25. The number of carbonyl (C=O) groups is 1. The molecular weight excluding hydrogens is 433 g/mol. The van der Waals surface area contributed by atoms with Crippen molar-refractivity contribution in [3.63, 3.8) is 0 Å². The fraction of sp³-hybridized carbons (Fsp3) is 0.120. The van der Waals surface area contributed by atoms with Crippen molar-refractivity contribution in [3.05, 3.63) is 100.0 Å². The van der Waals surface area contributed by atoms with Gasteiger partial charge in [-0.05, 0) is 48.9 Å². The maximum absolute atomic E-state index is 13.9. The summed E-state index contributed by atoms with van der Waals surface area (Å²) in [4.78, 5) is 16.6. The first kappa shape index (κ1) is 21.6. The molecule has 0 amide bonds. The van der Waals surface area contributed by atoms with Crippen molar-refractivity contribution in [2.75, 3.05) is 6.61 Å². The standard InChI is InChI=1S/C25H19ClFNO4/c1-2-30-22-14-16(12-19(26)23(22)31-15-18-10-6-7-11-20(18)27)13-21-25(29)32-24(28-21)17-8-4-3-5-9-17/h3-14H,2,15H2,1H3/b21-13-. The van der Waals surface area contributed by atoms with Crippen LogP contribution in [0.4, 0.5) is 4.39 Å². The first-order valence-electron chi connectivity index (χ1n) is 9.95. The lowest BCUT2D eigenvalue weighted by Crippen LogP contribution is -2.05. The lowest BCUT2D eigenvalue weighted by molar-refractivity contribution is -0.129. The van der Waals surface area contributed by atoms with E-state index >= 15 is 0 Å². The molecule has 0 spiro atoms. The molecule has 7 heteroatoms. The van der Waals surface area contributed by atoms with E-state index in [1.54, 1.807) is 48.5 Å². The Hall–Kier alpha value is -3.64. The molecule has 32 heavy (non-hydrogen) atoms. The quantitative estimate of drug-likeness (QED) is 0.336. The molecule has 0 radical (unpaired) electrons. The smallest absolute Gasteiger partial charge is 0.363 e. The van der Waals surface area contributed by atoms with Crippen molar-refractivity contribution < 1.29 is 23.4 Å². The van der Waals surface area contributed by atoms with Crippen LogP contribution in [0.15, 0.2) is 77.4 Å². The molecule has 0 unspecified atom stereocenters. The highest BCUT2D eigenvalue weighted by atomic mass is 35.5. The number of hydrogen-bond donors (Lipinski definition) is 0. The Labute approximate surface area is 189 Å². The minimum absolute atomic E-state index is 0.00996. The first-order valence-corrected chi connectivity index (χ1v) is 10.3. The van der Waals surface area contributed by atoms with Crippen molar-refractivity contribution >= 4 is 29.5 Å². The van der Waals surface area contributed by atoms with E-state index in [-0.39, 0.29) is 29.0 Å². The summed E-state index contributed by atoms with van der Waals surface area (Å²) in [5.41, 5.74) is 1.83. The molecule has 3 aromatic carbocycles. The summed E-state index contributed by atoms with van der Waals surface area (Å²) in [6, 6.07) is 18.8. The van der Waals surface area contributed by atoms with Gasteiger partial charge in [0.05, 0.1) is 11.6 Å². The molecule has 0 aliphatic carbocycles. The number of ether oxygens (including phenoxy) is 3. The van der Waals surface area contributed by atoms with E-state index in [1.165, 1.54) is 6.07 Å². The van der Waals surface area contributed by atoms with Crippen molar-refractivity contribution in [1.82, 2.24) is 0 Å². The van der Waals surface area contributed by atoms with Crippen molar-refractivity contribution in [2.24, 2.45) is 4.99 Å². The van der Waals surface area contributed by atoms with Crippen LogP contribution in [-0.2, 0) is 16.1 Å². The Morgan fingerprint density at radius 3 is 2.56 bits per heavy atom. The SMILES string of the molecule is CCOc1cc(/C=C2\N=C(c3ccccc3)OC2=O)cc(Cl)c1OCc1ccccc1F. The number of carbonyl (C=O) groups excluding carboxylic acids is 1. The highest BCUT2D eigenvalue weighted by molar-refractivity contribution is 6.32. The fourth-order valence-corrected chi connectivity index (χ4v) is 3.38. The van der Waals surface area contributed by atoms with Crippen molar-refractivity contribution in [1.29, 1.82) is 0 Å². The molecular formula is C25H19ClFNO4. The minimum Gasteiger partial charge on any atom is -0.490 e. The summed E-state index contributed by atoms with van der Waals surface area (Å²) in [5, 5.41) is 0.262.